The number of aryl methyl sites for hydroxylation is 1. The van der Waals surface area contributed by atoms with E-state index in [-0.39, 0.29) is 23.5 Å². The zero-order chi connectivity index (χ0) is 16.3. The number of hydrogen-bond donors (Lipinski definition) is 1. The fraction of sp³-hybridized carbons (Fsp3) is 0.722. The van der Waals surface area contributed by atoms with Crippen LogP contribution in [0.5, 0.6) is 0 Å². The minimum Gasteiger partial charge on any atom is -0.392 e. The van der Waals surface area contributed by atoms with Gasteiger partial charge >= 0.3 is 0 Å². The smallest absolute Gasteiger partial charge is 0.222 e. The van der Waals surface area contributed by atoms with Gasteiger partial charge in [0.2, 0.25) is 5.91 Å². The normalized spacial score (nSPS) is 26.3. The van der Waals surface area contributed by atoms with Crippen LogP contribution >= 0.6 is 11.3 Å². The van der Waals surface area contributed by atoms with Gasteiger partial charge in [-0.15, -0.1) is 11.3 Å². The molecule has 1 aliphatic heterocycles. The summed E-state index contributed by atoms with van der Waals surface area (Å²) in [6.45, 7) is 4.23. The Bertz CT molecular complexity index is 506. The largest absolute Gasteiger partial charge is 0.392 e. The molecule has 1 aromatic heterocycles. The lowest BCUT2D eigenvalue weighted by atomic mass is 9.58. The summed E-state index contributed by atoms with van der Waals surface area (Å²) in [6, 6.07) is 4.19. The van der Waals surface area contributed by atoms with Crippen molar-refractivity contribution < 1.29 is 14.6 Å². The van der Waals surface area contributed by atoms with E-state index in [4.69, 9.17) is 4.74 Å². The molecule has 0 aromatic carbocycles. The van der Waals surface area contributed by atoms with Gasteiger partial charge in [-0.25, -0.2) is 0 Å². The maximum atomic E-state index is 12.4. The molecule has 0 bridgehead atoms. The van der Waals surface area contributed by atoms with E-state index in [0.29, 0.717) is 13.0 Å². The number of carbonyl (C=O) groups is 1. The van der Waals surface area contributed by atoms with Crippen molar-refractivity contribution in [3.05, 3.63) is 22.4 Å². The molecule has 1 saturated heterocycles. The van der Waals surface area contributed by atoms with Gasteiger partial charge in [-0.1, -0.05) is 6.07 Å². The summed E-state index contributed by atoms with van der Waals surface area (Å²) in [5.41, 5.74) is -0.0935. The quantitative estimate of drug-likeness (QED) is 0.868. The molecule has 1 aliphatic carbocycles. The monoisotopic (exact) mass is 337 g/mol. The van der Waals surface area contributed by atoms with E-state index >= 15 is 0 Å². The van der Waals surface area contributed by atoms with Crippen molar-refractivity contribution in [3.8, 4) is 0 Å². The van der Waals surface area contributed by atoms with Gasteiger partial charge in [-0.05, 0) is 44.1 Å². The predicted octanol–water partition coefficient (Wildman–Crippen LogP) is 2.85. The van der Waals surface area contributed by atoms with Gasteiger partial charge in [0, 0.05) is 42.8 Å². The van der Waals surface area contributed by atoms with Crippen LogP contribution in [0.4, 0.5) is 0 Å². The van der Waals surface area contributed by atoms with E-state index in [1.54, 1.807) is 11.3 Å². The number of rotatable bonds is 6. The summed E-state index contributed by atoms with van der Waals surface area (Å²) >= 11 is 1.76. The molecule has 3 rings (SSSR count). The van der Waals surface area contributed by atoms with E-state index in [9.17, 15) is 9.90 Å². The molecule has 128 valence electrons. The Hall–Kier alpha value is -0.910. The van der Waals surface area contributed by atoms with E-state index in [1.807, 2.05) is 11.8 Å². The molecule has 1 aromatic rings. The molecule has 2 atom stereocenters. The molecule has 1 amide bonds. The Balaban J connectivity index is 1.44. The highest BCUT2D eigenvalue weighted by Crippen LogP contribution is 2.50. The molecule has 0 unspecified atom stereocenters. The van der Waals surface area contributed by atoms with Crippen LogP contribution in [0.3, 0.4) is 0 Å². The Morgan fingerprint density at radius 1 is 1.48 bits per heavy atom. The second-order valence-electron chi connectivity index (χ2n) is 6.74. The number of hydrogen-bond acceptors (Lipinski definition) is 4. The number of amides is 1. The van der Waals surface area contributed by atoms with Gasteiger partial charge < -0.3 is 14.7 Å². The molecule has 1 N–H and O–H groups in total. The van der Waals surface area contributed by atoms with Crippen LogP contribution in [0, 0.1) is 5.41 Å². The van der Waals surface area contributed by atoms with Crippen LogP contribution in [0.2, 0.25) is 0 Å². The third kappa shape index (κ3) is 3.47. The first-order chi connectivity index (χ1) is 11.2. The van der Waals surface area contributed by atoms with Crippen LogP contribution in [-0.4, -0.2) is 47.8 Å². The van der Waals surface area contributed by atoms with Crippen molar-refractivity contribution in [1.29, 1.82) is 0 Å². The number of ether oxygens (including phenoxy) is 1. The van der Waals surface area contributed by atoms with Gasteiger partial charge in [-0.2, -0.15) is 0 Å². The predicted molar refractivity (Wildman–Crippen MR) is 91.5 cm³/mol. The molecular formula is C18H27NO3S. The Morgan fingerprint density at radius 3 is 2.87 bits per heavy atom. The minimum atomic E-state index is -0.255. The van der Waals surface area contributed by atoms with Gasteiger partial charge in [0.25, 0.3) is 0 Å². The van der Waals surface area contributed by atoms with Crippen molar-refractivity contribution in [1.82, 2.24) is 4.90 Å². The highest BCUT2D eigenvalue weighted by Gasteiger charge is 2.56. The van der Waals surface area contributed by atoms with Crippen LogP contribution in [-0.2, 0) is 16.0 Å². The topological polar surface area (TPSA) is 49.8 Å². The lowest BCUT2D eigenvalue weighted by Crippen LogP contribution is -2.62. The lowest BCUT2D eigenvalue weighted by Gasteiger charge is -2.56. The lowest BCUT2D eigenvalue weighted by molar-refractivity contribution is -0.210. The summed E-state index contributed by atoms with van der Waals surface area (Å²) < 4.78 is 5.78. The van der Waals surface area contributed by atoms with Crippen molar-refractivity contribution >= 4 is 17.2 Å². The summed E-state index contributed by atoms with van der Waals surface area (Å²) in [7, 11) is 0. The number of nitrogens with zero attached hydrogens (tertiary/aromatic N) is 1. The average Bonchev–Trinajstić information content (AvgIpc) is 3.08. The van der Waals surface area contributed by atoms with E-state index in [1.165, 1.54) is 4.88 Å². The van der Waals surface area contributed by atoms with Crippen LogP contribution in [0.15, 0.2) is 17.5 Å². The first-order valence-corrected chi connectivity index (χ1v) is 9.63. The van der Waals surface area contributed by atoms with Crippen molar-refractivity contribution in [2.24, 2.45) is 5.41 Å². The third-order valence-corrected chi connectivity index (χ3v) is 6.49. The number of thiophene rings is 1. The van der Waals surface area contributed by atoms with Crippen molar-refractivity contribution in [2.75, 3.05) is 19.7 Å². The van der Waals surface area contributed by atoms with E-state index in [0.717, 1.165) is 45.2 Å². The molecule has 4 nitrogen and oxygen atoms in total. The van der Waals surface area contributed by atoms with Crippen LogP contribution < -0.4 is 0 Å². The maximum Gasteiger partial charge on any atom is 0.222 e. The van der Waals surface area contributed by atoms with Crippen molar-refractivity contribution in [3.63, 3.8) is 0 Å². The van der Waals surface area contributed by atoms with Crippen LogP contribution in [0.1, 0.15) is 43.9 Å². The van der Waals surface area contributed by atoms with E-state index in [2.05, 4.69) is 17.5 Å². The number of aliphatic hydroxyl groups excluding tert-OH is 1. The SMILES string of the molecule is CCO[C@@H]1C[C@H](O)C12CCN(C(=O)CCCc1cccs1)CC2. The molecule has 1 spiro atoms. The zero-order valence-electron chi connectivity index (χ0n) is 13.9. The van der Waals surface area contributed by atoms with Crippen LogP contribution in [0.25, 0.3) is 0 Å². The zero-order valence-corrected chi connectivity index (χ0v) is 14.7. The summed E-state index contributed by atoms with van der Waals surface area (Å²) in [4.78, 5) is 15.7. The molecular weight excluding hydrogens is 310 g/mol. The number of likely N-dealkylation sites (tertiary alicyclic amines) is 1. The first kappa shape index (κ1) is 16.9. The van der Waals surface area contributed by atoms with Crippen molar-refractivity contribution in [2.45, 2.75) is 57.7 Å². The second kappa shape index (κ2) is 7.32. The molecule has 2 fully saturated rings. The Labute approximate surface area is 142 Å². The highest BCUT2D eigenvalue weighted by atomic mass is 32.1. The maximum absolute atomic E-state index is 12.4. The minimum absolute atomic E-state index is 0.0935. The van der Waals surface area contributed by atoms with E-state index < -0.39 is 0 Å². The molecule has 23 heavy (non-hydrogen) atoms. The first-order valence-electron chi connectivity index (χ1n) is 8.75. The highest BCUT2D eigenvalue weighted by molar-refractivity contribution is 7.09. The summed E-state index contributed by atoms with van der Waals surface area (Å²) in [6.07, 6.45) is 4.96. The Kier molecular flexibility index (Phi) is 5.39. The van der Waals surface area contributed by atoms with Gasteiger partial charge in [0.05, 0.1) is 12.2 Å². The molecule has 1 saturated carbocycles. The fourth-order valence-corrected chi connectivity index (χ4v) is 4.77. The second-order valence-corrected chi connectivity index (χ2v) is 7.77. The average molecular weight is 337 g/mol. The summed E-state index contributed by atoms with van der Waals surface area (Å²) in [5.74, 6) is 0.262. The number of piperidine rings is 1. The van der Waals surface area contributed by atoms with Gasteiger partial charge in [0.1, 0.15) is 0 Å². The summed E-state index contributed by atoms with van der Waals surface area (Å²) in [5, 5.41) is 12.3. The fourth-order valence-electron chi connectivity index (χ4n) is 4.02. The van der Waals surface area contributed by atoms with Gasteiger partial charge in [-0.3, -0.25) is 4.79 Å². The number of aliphatic hydroxyl groups is 1. The molecule has 0 radical (unpaired) electrons. The number of carbonyl (C=O) groups excluding carboxylic acids is 1. The van der Waals surface area contributed by atoms with Gasteiger partial charge in [0.15, 0.2) is 0 Å². The molecule has 5 heteroatoms. The Morgan fingerprint density at radius 2 is 2.26 bits per heavy atom. The molecule has 2 heterocycles. The standard InChI is InChI=1S/C18H27NO3S/c1-2-22-16-13-15(20)18(16)8-10-19(11-9-18)17(21)7-3-5-14-6-4-12-23-14/h4,6,12,15-16,20H,2-3,5,7-11,13H2,1H3/t15-,16+/m0/s1. The third-order valence-electron chi connectivity index (χ3n) is 5.55. The molecule has 2 aliphatic rings.